The van der Waals surface area contributed by atoms with Crippen LogP contribution in [0.1, 0.15) is 33.1 Å². The van der Waals surface area contributed by atoms with Gasteiger partial charge in [-0.15, -0.1) is 0 Å². The Morgan fingerprint density at radius 3 is 2.58 bits per heavy atom. The van der Waals surface area contributed by atoms with Gasteiger partial charge >= 0.3 is 0 Å². The molecule has 1 saturated carbocycles. The minimum Gasteiger partial charge on any atom is -0.328 e. The van der Waals surface area contributed by atoms with Gasteiger partial charge in [0.1, 0.15) is 0 Å². The summed E-state index contributed by atoms with van der Waals surface area (Å²) in [6.07, 6.45) is 3.36. The van der Waals surface area contributed by atoms with Crippen molar-refractivity contribution in [2.75, 3.05) is 0 Å². The van der Waals surface area contributed by atoms with Crippen LogP contribution >= 0.6 is 0 Å². The van der Waals surface area contributed by atoms with Crippen LogP contribution in [0.4, 0.5) is 0 Å². The first kappa shape index (κ1) is 9.96. The van der Waals surface area contributed by atoms with Crippen molar-refractivity contribution in [3.63, 3.8) is 0 Å². The lowest BCUT2D eigenvalue weighted by atomic mass is 9.77. The highest BCUT2D eigenvalue weighted by Gasteiger charge is 2.27. The van der Waals surface area contributed by atoms with Gasteiger partial charge in [-0.3, -0.25) is 0 Å². The van der Waals surface area contributed by atoms with E-state index in [1.54, 1.807) is 0 Å². The van der Waals surface area contributed by atoms with Crippen molar-refractivity contribution in [2.45, 2.75) is 45.2 Å². The lowest BCUT2D eigenvalue weighted by molar-refractivity contribution is 0.0812. The molecule has 1 rings (SSSR count). The molecule has 0 aliphatic heterocycles. The number of hydrogen-bond acceptors (Lipinski definition) is 3. The Labute approximate surface area is 74.3 Å². The molecule has 0 bridgehead atoms. The van der Waals surface area contributed by atoms with E-state index in [0.717, 1.165) is 12.8 Å². The first-order valence-electron chi connectivity index (χ1n) is 4.78. The Balaban J connectivity index is 2.43. The molecule has 1 aliphatic carbocycles. The lowest BCUT2D eigenvalue weighted by Gasteiger charge is -2.34. The van der Waals surface area contributed by atoms with Crippen LogP contribution in [0.5, 0.6) is 0 Å². The summed E-state index contributed by atoms with van der Waals surface area (Å²) in [4.78, 5) is 0. The number of nitrogens with two attached hydrogens (primary N) is 1. The zero-order valence-electron chi connectivity index (χ0n) is 7.96. The molecule has 0 aromatic rings. The summed E-state index contributed by atoms with van der Waals surface area (Å²) in [5.74, 6) is 1.24. The van der Waals surface area contributed by atoms with Crippen LogP contribution in [-0.4, -0.2) is 17.3 Å². The Morgan fingerprint density at radius 1 is 1.42 bits per heavy atom. The molecule has 1 fully saturated rings. The Kier molecular flexibility index (Phi) is 3.50. The average Bonchev–Trinajstić information content (AvgIpc) is 2.01. The van der Waals surface area contributed by atoms with Crippen molar-refractivity contribution >= 4 is 0 Å². The summed E-state index contributed by atoms with van der Waals surface area (Å²) in [5, 5.41) is 8.77. The maximum absolute atomic E-state index is 8.77. The van der Waals surface area contributed by atoms with Gasteiger partial charge in [0.2, 0.25) is 0 Å². The Hall–Kier alpha value is -0.120. The van der Waals surface area contributed by atoms with Gasteiger partial charge in [0.25, 0.3) is 0 Å². The van der Waals surface area contributed by atoms with Gasteiger partial charge in [0.05, 0.1) is 0 Å². The molecule has 0 heterocycles. The third-order valence-electron chi connectivity index (χ3n) is 2.93. The van der Waals surface area contributed by atoms with E-state index >= 15 is 0 Å². The topological polar surface area (TPSA) is 58.3 Å². The van der Waals surface area contributed by atoms with Crippen molar-refractivity contribution < 1.29 is 5.21 Å². The van der Waals surface area contributed by atoms with E-state index < -0.39 is 0 Å². The van der Waals surface area contributed by atoms with Gasteiger partial charge in [-0.05, 0) is 38.0 Å². The predicted octanol–water partition coefficient (Wildman–Crippen LogP) is 1.12. The Bertz CT molecular complexity index is 130. The first-order valence-corrected chi connectivity index (χ1v) is 4.78. The van der Waals surface area contributed by atoms with E-state index in [4.69, 9.17) is 10.9 Å². The fourth-order valence-corrected chi connectivity index (χ4v) is 2.22. The van der Waals surface area contributed by atoms with Gasteiger partial charge in [-0.25, -0.2) is 5.48 Å². The molecule has 0 spiro atoms. The molecule has 1 aliphatic rings. The molecule has 72 valence electrons. The zero-order chi connectivity index (χ0) is 9.14. The van der Waals surface area contributed by atoms with Gasteiger partial charge < -0.3 is 10.9 Å². The second kappa shape index (κ2) is 4.21. The van der Waals surface area contributed by atoms with Gasteiger partial charge in [0, 0.05) is 12.1 Å². The highest BCUT2D eigenvalue weighted by Crippen LogP contribution is 2.29. The average molecular weight is 172 g/mol. The van der Waals surface area contributed by atoms with Gasteiger partial charge in [0.15, 0.2) is 0 Å². The van der Waals surface area contributed by atoms with Crippen LogP contribution in [0.2, 0.25) is 0 Å². The summed E-state index contributed by atoms with van der Waals surface area (Å²) >= 11 is 0. The zero-order valence-corrected chi connectivity index (χ0v) is 7.96. The summed E-state index contributed by atoms with van der Waals surface area (Å²) in [5.41, 5.74) is 8.22. The fourth-order valence-electron chi connectivity index (χ4n) is 2.22. The van der Waals surface area contributed by atoms with E-state index in [2.05, 4.69) is 12.4 Å². The van der Waals surface area contributed by atoms with Crippen molar-refractivity contribution in [3.05, 3.63) is 0 Å². The first-order chi connectivity index (χ1) is 5.63. The normalized spacial score (nSPS) is 39.5. The van der Waals surface area contributed by atoms with Crippen LogP contribution in [0.15, 0.2) is 0 Å². The van der Waals surface area contributed by atoms with E-state index in [1.165, 1.54) is 6.42 Å². The minimum atomic E-state index is 0.179. The largest absolute Gasteiger partial charge is 0.328 e. The monoisotopic (exact) mass is 172 g/mol. The quantitative estimate of drug-likeness (QED) is 0.547. The third-order valence-corrected chi connectivity index (χ3v) is 2.93. The van der Waals surface area contributed by atoms with Crippen molar-refractivity contribution in [1.82, 2.24) is 5.48 Å². The lowest BCUT2D eigenvalue weighted by Crippen LogP contribution is -2.40. The molecule has 12 heavy (non-hydrogen) atoms. The predicted molar refractivity (Wildman–Crippen MR) is 48.9 cm³/mol. The van der Waals surface area contributed by atoms with Crippen LogP contribution in [0.3, 0.4) is 0 Å². The molecule has 0 saturated heterocycles. The van der Waals surface area contributed by atoms with Crippen LogP contribution in [0, 0.1) is 11.8 Å². The number of hydroxylamine groups is 1. The van der Waals surface area contributed by atoms with Crippen LogP contribution < -0.4 is 11.2 Å². The maximum atomic E-state index is 8.77. The van der Waals surface area contributed by atoms with Gasteiger partial charge in [-0.1, -0.05) is 6.92 Å². The number of rotatable bonds is 2. The number of nitrogens with one attached hydrogen (secondary N) is 1. The molecule has 3 heteroatoms. The van der Waals surface area contributed by atoms with E-state index in [1.807, 2.05) is 6.92 Å². The molecule has 4 atom stereocenters. The highest BCUT2D eigenvalue weighted by molar-refractivity contribution is 4.83. The second-order valence-corrected chi connectivity index (χ2v) is 4.25. The van der Waals surface area contributed by atoms with E-state index in [-0.39, 0.29) is 6.04 Å². The van der Waals surface area contributed by atoms with E-state index in [9.17, 15) is 0 Å². The van der Waals surface area contributed by atoms with Crippen molar-refractivity contribution in [3.8, 4) is 0 Å². The van der Waals surface area contributed by atoms with Crippen LogP contribution in [-0.2, 0) is 0 Å². The SMILES string of the molecule is CC1CC(N)CC(C(C)NO)C1. The van der Waals surface area contributed by atoms with E-state index in [0.29, 0.717) is 17.9 Å². The summed E-state index contributed by atoms with van der Waals surface area (Å²) < 4.78 is 0. The summed E-state index contributed by atoms with van der Waals surface area (Å²) in [6.45, 7) is 4.24. The van der Waals surface area contributed by atoms with Crippen molar-refractivity contribution in [2.24, 2.45) is 17.6 Å². The molecule has 0 radical (unpaired) electrons. The molecular weight excluding hydrogens is 152 g/mol. The summed E-state index contributed by atoms with van der Waals surface area (Å²) in [6, 6.07) is 0.508. The molecule has 0 aromatic carbocycles. The standard InChI is InChI=1S/C9H20N2O/c1-6-3-8(7(2)11-12)5-9(10)4-6/h6-9,11-12H,3-5,10H2,1-2H3. The molecule has 0 amide bonds. The third kappa shape index (κ3) is 2.44. The molecule has 3 nitrogen and oxygen atoms in total. The van der Waals surface area contributed by atoms with Gasteiger partial charge in [-0.2, -0.15) is 0 Å². The molecular formula is C9H20N2O. The molecule has 4 unspecified atom stereocenters. The maximum Gasteiger partial charge on any atom is 0.0320 e. The summed E-state index contributed by atoms with van der Waals surface area (Å²) in [7, 11) is 0. The fraction of sp³-hybridized carbons (Fsp3) is 1.00. The minimum absolute atomic E-state index is 0.179. The Morgan fingerprint density at radius 2 is 2.08 bits per heavy atom. The van der Waals surface area contributed by atoms with Crippen molar-refractivity contribution in [1.29, 1.82) is 0 Å². The molecule has 0 aromatic heterocycles. The second-order valence-electron chi connectivity index (χ2n) is 4.25. The highest BCUT2D eigenvalue weighted by atomic mass is 16.5. The van der Waals surface area contributed by atoms with Crippen LogP contribution in [0.25, 0.3) is 0 Å². The number of hydrogen-bond donors (Lipinski definition) is 3. The molecule has 4 N–H and O–H groups in total. The smallest absolute Gasteiger partial charge is 0.0320 e.